The van der Waals surface area contributed by atoms with Gasteiger partial charge in [0.25, 0.3) is 0 Å². The maximum atomic E-state index is 5.59. The molecule has 17 heavy (non-hydrogen) atoms. The number of aromatic nitrogens is 3. The van der Waals surface area contributed by atoms with Crippen LogP contribution in [0, 0.1) is 0 Å². The van der Waals surface area contributed by atoms with Gasteiger partial charge in [0.05, 0.1) is 0 Å². The van der Waals surface area contributed by atoms with E-state index in [-0.39, 0.29) is 6.04 Å². The van der Waals surface area contributed by atoms with Crippen molar-refractivity contribution in [1.82, 2.24) is 20.2 Å². The van der Waals surface area contributed by atoms with E-state index in [4.69, 9.17) is 5.84 Å². The molecule has 0 saturated carbocycles. The summed E-state index contributed by atoms with van der Waals surface area (Å²) in [4.78, 5) is 4.00. The molecule has 2 aromatic heterocycles. The van der Waals surface area contributed by atoms with Gasteiger partial charge in [0.1, 0.15) is 0 Å². The molecule has 3 N–H and O–H groups in total. The van der Waals surface area contributed by atoms with E-state index < -0.39 is 0 Å². The van der Waals surface area contributed by atoms with Crippen LogP contribution in [0.3, 0.4) is 0 Å². The molecule has 0 bridgehead atoms. The van der Waals surface area contributed by atoms with Crippen LogP contribution in [0.2, 0.25) is 0 Å². The maximum Gasteiger partial charge on any atom is 0.0492 e. The van der Waals surface area contributed by atoms with Crippen LogP contribution >= 0.6 is 0 Å². The summed E-state index contributed by atoms with van der Waals surface area (Å²) in [5.74, 6) is 5.59. The largest absolute Gasteiger partial charge is 0.273 e. The second-order valence-electron chi connectivity index (χ2n) is 3.98. The molecular weight excluding hydrogens is 214 g/mol. The lowest BCUT2D eigenvalue weighted by Gasteiger charge is -2.15. The van der Waals surface area contributed by atoms with E-state index in [0.717, 1.165) is 18.4 Å². The fourth-order valence-corrected chi connectivity index (χ4v) is 1.88. The molecular formula is C12H17N5. The summed E-state index contributed by atoms with van der Waals surface area (Å²) < 4.78 is 1.89. The highest BCUT2D eigenvalue weighted by Gasteiger charge is 2.10. The lowest BCUT2D eigenvalue weighted by Crippen LogP contribution is -2.28. The normalized spacial score (nSPS) is 12.6. The molecule has 1 unspecified atom stereocenters. The Hall–Kier alpha value is -1.72. The number of pyridine rings is 1. The number of nitrogens with two attached hydrogens (primary N) is 1. The molecule has 5 heteroatoms. The van der Waals surface area contributed by atoms with E-state index >= 15 is 0 Å². The molecule has 0 saturated heterocycles. The molecule has 2 rings (SSSR count). The van der Waals surface area contributed by atoms with Gasteiger partial charge in [0.2, 0.25) is 0 Å². The van der Waals surface area contributed by atoms with Crippen LogP contribution < -0.4 is 11.3 Å². The summed E-state index contributed by atoms with van der Waals surface area (Å²) in [5.41, 5.74) is 5.21. The third-order valence-corrected chi connectivity index (χ3v) is 2.92. The number of hydrogen-bond acceptors (Lipinski definition) is 4. The van der Waals surface area contributed by atoms with Gasteiger partial charge in [-0.1, -0.05) is 0 Å². The number of nitrogens with one attached hydrogen (secondary N) is 1. The highest BCUT2D eigenvalue weighted by atomic mass is 15.3. The minimum absolute atomic E-state index is 0.146. The zero-order valence-corrected chi connectivity index (χ0v) is 9.87. The fourth-order valence-electron chi connectivity index (χ4n) is 1.88. The van der Waals surface area contributed by atoms with Crippen molar-refractivity contribution in [2.75, 3.05) is 0 Å². The first kappa shape index (κ1) is 11.8. The van der Waals surface area contributed by atoms with Crippen molar-refractivity contribution >= 4 is 0 Å². The van der Waals surface area contributed by atoms with Gasteiger partial charge < -0.3 is 0 Å². The fraction of sp³-hybridized carbons (Fsp3) is 0.333. The second kappa shape index (κ2) is 5.56. The molecule has 0 radical (unpaired) electrons. The predicted molar refractivity (Wildman–Crippen MR) is 65.8 cm³/mol. The lowest BCUT2D eigenvalue weighted by molar-refractivity contribution is 0.506. The number of hydrazine groups is 1. The summed E-state index contributed by atoms with van der Waals surface area (Å²) in [7, 11) is 1.95. The summed E-state index contributed by atoms with van der Waals surface area (Å²) in [6.45, 7) is 0. The van der Waals surface area contributed by atoms with Crippen molar-refractivity contribution in [1.29, 1.82) is 0 Å². The van der Waals surface area contributed by atoms with Crippen molar-refractivity contribution in [2.45, 2.75) is 18.9 Å². The van der Waals surface area contributed by atoms with Gasteiger partial charge in [-0.3, -0.25) is 20.9 Å². The monoisotopic (exact) mass is 231 g/mol. The molecule has 90 valence electrons. The predicted octanol–water partition coefficient (Wildman–Crippen LogP) is 0.952. The molecule has 0 aliphatic rings. The Morgan fingerprint density at radius 3 is 2.65 bits per heavy atom. The van der Waals surface area contributed by atoms with Gasteiger partial charge in [-0.2, -0.15) is 5.10 Å². The molecule has 0 aliphatic heterocycles. The van der Waals surface area contributed by atoms with Crippen LogP contribution in [-0.2, 0) is 13.5 Å². The van der Waals surface area contributed by atoms with E-state index in [2.05, 4.69) is 15.5 Å². The second-order valence-corrected chi connectivity index (χ2v) is 3.98. The lowest BCUT2D eigenvalue weighted by atomic mass is 10.0. The van der Waals surface area contributed by atoms with Crippen LogP contribution in [0.4, 0.5) is 0 Å². The topological polar surface area (TPSA) is 68.8 Å². The SMILES string of the molecule is Cn1nccc1CCC(NN)c1ccncc1. The molecule has 0 spiro atoms. The maximum absolute atomic E-state index is 5.59. The van der Waals surface area contributed by atoms with Gasteiger partial charge in [0, 0.05) is 37.4 Å². The van der Waals surface area contributed by atoms with Gasteiger partial charge in [-0.25, -0.2) is 0 Å². The third-order valence-electron chi connectivity index (χ3n) is 2.92. The molecule has 1 atom stereocenters. The van der Waals surface area contributed by atoms with Crippen molar-refractivity contribution in [3.63, 3.8) is 0 Å². The molecule has 0 fully saturated rings. The molecule has 0 amide bonds. The zero-order chi connectivity index (χ0) is 12.1. The zero-order valence-electron chi connectivity index (χ0n) is 9.87. The van der Waals surface area contributed by atoms with E-state index in [9.17, 15) is 0 Å². The van der Waals surface area contributed by atoms with Crippen LogP contribution in [0.5, 0.6) is 0 Å². The van der Waals surface area contributed by atoms with Crippen molar-refractivity contribution in [3.05, 3.63) is 48.0 Å². The first-order valence-corrected chi connectivity index (χ1v) is 5.64. The van der Waals surface area contributed by atoms with E-state index in [1.54, 1.807) is 12.4 Å². The molecule has 2 heterocycles. The smallest absolute Gasteiger partial charge is 0.0492 e. The minimum atomic E-state index is 0.146. The standard InChI is InChI=1S/C12H17N5/c1-17-11(6-9-15-17)2-3-12(16-13)10-4-7-14-8-5-10/h4-9,12,16H,2-3,13H2,1H3. The Balaban J connectivity index is 1.99. The van der Waals surface area contributed by atoms with Gasteiger partial charge in [0.15, 0.2) is 0 Å². The molecule has 5 nitrogen and oxygen atoms in total. The van der Waals surface area contributed by atoms with Crippen molar-refractivity contribution in [2.24, 2.45) is 12.9 Å². The van der Waals surface area contributed by atoms with Crippen LogP contribution in [0.15, 0.2) is 36.8 Å². The highest BCUT2D eigenvalue weighted by molar-refractivity contribution is 5.15. The summed E-state index contributed by atoms with van der Waals surface area (Å²) in [6, 6.07) is 6.13. The van der Waals surface area contributed by atoms with E-state index in [1.165, 1.54) is 5.69 Å². The summed E-state index contributed by atoms with van der Waals surface area (Å²) >= 11 is 0. The quantitative estimate of drug-likeness (QED) is 0.594. The van der Waals surface area contributed by atoms with Gasteiger partial charge >= 0.3 is 0 Å². The molecule has 0 aliphatic carbocycles. The number of aryl methyl sites for hydroxylation is 2. The Labute approximate surface area is 101 Å². The van der Waals surface area contributed by atoms with Gasteiger partial charge in [-0.15, -0.1) is 0 Å². The molecule has 2 aromatic rings. The number of hydrogen-bond donors (Lipinski definition) is 2. The minimum Gasteiger partial charge on any atom is -0.273 e. The Morgan fingerprint density at radius 2 is 2.06 bits per heavy atom. The van der Waals surface area contributed by atoms with E-state index in [0.29, 0.717) is 0 Å². The van der Waals surface area contributed by atoms with E-state index in [1.807, 2.05) is 36.1 Å². The first-order chi connectivity index (χ1) is 8.31. The van der Waals surface area contributed by atoms with Crippen LogP contribution in [0.25, 0.3) is 0 Å². The Morgan fingerprint density at radius 1 is 1.29 bits per heavy atom. The van der Waals surface area contributed by atoms with Crippen molar-refractivity contribution < 1.29 is 0 Å². The Bertz CT molecular complexity index is 451. The van der Waals surface area contributed by atoms with Crippen LogP contribution in [0.1, 0.15) is 23.7 Å². The number of nitrogens with zero attached hydrogens (tertiary/aromatic N) is 3. The van der Waals surface area contributed by atoms with Crippen LogP contribution in [-0.4, -0.2) is 14.8 Å². The number of rotatable bonds is 5. The van der Waals surface area contributed by atoms with Gasteiger partial charge in [-0.05, 0) is 36.6 Å². The average molecular weight is 231 g/mol. The highest BCUT2D eigenvalue weighted by Crippen LogP contribution is 2.17. The average Bonchev–Trinajstić information content (AvgIpc) is 2.77. The Kier molecular flexibility index (Phi) is 3.85. The summed E-state index contributed by atoms with van der Waals surface area (Å²) in [6.07, 6.45) is 7.24. The first-order valence-electron chi connectivity index (χ1n) is 5.64. The van der Waals surface area contributed by atoms with Crippen molar-refractivity contribution in [3.8, 4) is 0 Å². The third kappa shape index (κ3) is 2.89. The summed E-state index contributed by atoms with van der Waals surface area (Å²) in [5, 5.41) is 4.15. The molecule has 0 aromatic carbocycles.